The minimum atomic E-state index is -1.26. The lowest BCUT2D eigenvalue weighted by molar-refractivity contribution is 0.0694. The van der Waals surface area contributed by atoms with Gasteiger partial charge in [0.2, 0.25) is 0 Å². The zero-order valence-corrected chi connectivity index (χ0v) is 8.60. The van der Waals surface area contributed by atoms with Gasteiger partial charge in [0, 0.05) is 0 Å². The van der Waals surface area contributed by atoms with Gasteiger partial charge in [0.15, 0.2) is 0 Å². The average Bonchev–Trinajstić information content (AvgIpc) is 2.72. The normalized spacial score (nSPS) is 10.5. The third-order valence-electron chi connectivity index (χ3n) is 2.28. The van der Waals surface area contributed by atoms with Gasteiger partial charge >= 0.3 is 5.97 Å². The molecule has 1 N–H and O–H groups in total. The van der Waals surface area contributed by atoms with E-state index in [2.05, 4.69) is 5.10 Å². The van der Waals surface area contributed by atoms with Crippen LogP contribution in [0.5, 0.6) is 0 Å². The number of halogens is 2. The number of aromatic nitrogens is 2. The molecule has 2 aromatic rings. The first-order valence-corrected chi connectivity index (χ1v) is 4.75. The highest BCUT2D eigenvalue weighted by Gasteiger charge is 2.17. The second-order valence-electron chi connectivity index (χ2n) is 3.34. The summed E-state index contributed by atoms with van der Waals surface area (Å²) in [6.45, 7) is -0.988. The van der Waals surface area contributed by atoms with Crippen molar-refractivity contribution in [2.24, 2.45) is 0 Å². The van der Waals surface area contributed by atoms with Crippen LogP contribution in [0.1, 0.15) is 16.1 Å². The molecule has 88 valence electrons. The molecule has 17 heavy (non-hydrogen) atoms. The molecule has 0 unspecified atom stereocenters. The van der Waals surface area contributed by atoms with Gasteiger partial charge in [-0.3, -0.25) is 0 Å². The second kappa shape index (κ2) is 4.32. The number of alkyl halides is 1. The molecule has 1 heterocycles. The Balaban J connectivity index is 2.56. The van der Waals surface area contributed by atoms with Crippen LogP contribution in [0.15, 0.2) is 30.5 Å². The van der Waals surface area contributed by atoms with Crippen LogP contribution in [0.3, 0.4) is 0 Å². The number of benzene rings is 1. The maximum absolute atomic E-state index is 13.0. The number of carboxylic acids is 1. The molecule has 0 saturated heterocycles. The first-order valence-electron chi connectivity index (χ1n) is 4.75. The number of rotatable bonds is 3. The summed E-state index contributed by atoms with van der Waals surface area (Å²) in [6.07, 6.45) is 1.04. The number of carbonyl (C=O) groups is 1. The number of nitrogens with zero attached hydrogens (tertiary/aromatic N) is 2. The highest BCUT2D eigenvalue weighted by Crippen LogP contribution is 2.17. The molecule has 4 nitrogen and oxygen atoms in total. The monoisotopic (exact) mass is 238 g/mol. The topological polar surface area (TPSA) is 55.1 Å². The quantitative estimate of drug-likeness (QED) is 0.891. The maximum atomic E-state index is 13.0. The van der Waals surface area contributed by atoms with Gasteiger partial charge in [0.25, 0.3) is 0 Å². The average molecular weight is 238 g/mol. The second-order valence-corrected chi connectivity index (χ2v) is 3.34. The summed E-state index contributed by atoms with van der Waals surface area (Å²) >= 11 is 0. The number of hydrogen-bond donors (Lipinski definition) is 1. The van der Waals surface area contributed by atoms with Crippen LogP contribution >= 0.6 is 0 Å². The summed E-state index contributed by atoms with van der Waals surface area (Å²) in [5.41, 5.74) is -0.0509. The van der Waals surface area contributed by atoms with Crippen molar-refractivity contribution >= 4 is 5.97 Å². The van der Waals surface area contributed by atoms with Gasteiger partial charge in [-0.25, -0.2) is 18.3 Å². The van der Waals surface area contributed by atoms with Crippen LogP contribution in [0, 0.1) is 5.82 Å². The minimum absolute atomic E-state index is 0.108. The molecular formula is C11H8F2N2O2. The number of carboxylic acid groups (broad SMARTS) is 1. The molecule has 1 aromatic heterocycles. The van der Waals surface area contributed by atoms with Crippen molar-refractivity contribution in [2.75, 3.05) is 0 Å². The Morgan fingerprint density at radius 3 is 2.82 bits per heavy atom. The van der Waals surface area contributed by atoms with Gasteiger partial charge in [-0.15, -0.1) is 0 Å². The van der Waals surface area contributed by atoms with E-state index in [0.717, 1.165) is 16.9 Å². The highest BCUT2D eigenvalue weighted by molar-refractivity contribution is 5.88. The fourth-order valence-electron chi connectivity index (χ4n) is 1.51. The molecule has 6 heteroatoms. The molecule has 0 atom stereocenters. The fraction of sp³-hybridized carbons (Fsp3) is 0.0909. The van der Waals surface area contributed by atoms with Gasteiger partial charge in [-0.05, 0) is 18.2 Å². The Kier molecular flexibility index (Phi) is 2.86. The molecule has 0 aliphatic rings. The fourth-order valence-corrected chi connectivity index (χ4v) is 1.51. The van der Waals surface area contributed by atoms with E-state index in [1.165, 1.54) is 18.2 Å². The molecule has 0 fully saturated rings. The van der Waals surface area contributed by atoms with Gasteiger partial charge in [-0.1, -0.05) is 6.07 Å². The van der Waals surface area contributed by atoms with E-state index < -0.39 is 18.5 Å². The SMILES string of the molecule is O=C(O)c1cnn(-c2cccc(F)c2)c1CF. The molecule has 2 rings (SSSR count). The summed E-state index contributed by atoms with van der Waals surface area (Å²) in [5.74, 6) is -1.76. The van der Waals surface area contributed by atoms with E-state index in [1.54, 1.807) is 0 Å². The van der Waals surface area contributed by atoms with Crippen LogP contribution in [0.2, 0.25) is 0 Å². The lowest BCUT2D eigenvalue weighted by atomic mass is 10.2. The molecular weight excluding hydrogens is 230 g/mol. The zero-order valence-electron chi connectivity index (χ0n) is 8.60. The van der Waals surface area contributed by atoms with E-state index in [1.807, 2.05) is 0 Å². The Bertz CT molecular complexity index is 566. The third-order valence-corrected chi connectivity index (χ3v) is 2.28. The predicted molar refractivity (Wildman–Crippen MR) is 55.3 cm³/mol. The maximum Gasteiger partial charge on any atom is 0.339 e. The van der Waals surface area contributed by atoms with Gasteiger partial charge in [0.1, 0.15) is 18.1 Å². The molecule has 0 saturated carbocycles. The predicted octanol–water partition coefficient (Wildman–Crippen LogP) is 2.18. The summed E-state index contributed by atoms with van der Waals surface area (Å²) < 4.78 is 26.9. The molecule has 0 aliphatic heterocycles. The Morgan fingerprint density at radius 2 is 2.24 bits per heavy atom. The van der Waals surface area contributed by atoms with Crippen molar-refractivity contribution in [1.29, 1.82) is 0 Å². The van der Waals surface area contributed by atoms with E-state index >= 15 is 0 Å². The van der Waals surface area contributed by atoms with Crippen molar-refractivity contribution in [3.8, 4) is 5.69 Å². The van der Waals surface area contributed by atoms with Crippen LogP contribution in [0.25, 0.3) is 5.69 Å². The largest absolute Gasteiger partial charge is 0.478 e. The lowest BCUT2D eigenvalue weighted by Gasteiger charge is -2.05. The first kappa shape index (κ1) is 11.3. The van der Waals surface area contributed by atoms with Crippen molar-refractivity contribution in [3.05, 3.63) is 47.5 Å². The molecule has 0 amide bonds. The van der Waals surface area contributed by atoms with Crippen molar-refractivity contribution in [1.82, 2.24) is 9.78 Å². The van der Waals surface area contributed by atoms with Gasteiger partial charge in [0.05, 0.1) is 17.6 Å². The summed E-state index contributed by atoms with van der Waals surface area (Å²) in [5, 5.41) is 12.6. The highest BCUT2D eigenvalue weighted by atomic mass is 19.1. The smallest absolute Gasteiger partial charge is 0.339 e. The summed E-state index contributed by atoms with van der Waals surface area (Å²) in [6, 6.07) is 5.34. The minimum Gasteiger partial charge on any atom is -0.478 e. The van der Waals surface area contributed by atoms with E-state index in [-0.39, 0.29) is 16.9 Å². The first-order chi connectivity index (χ1) is 8.13. The van der Waals surface area contributed by atoms with Crippen molar-refractivity contribution in [2.45, 2.75) is 6.67 Å². The van der Waals surface area contributed by atoms with Crippen LogP contribution in [0.4, 0.5) is 8.78 Å². The van der Waals surface area contributed by atoms with Crippen molar-refractivity contribution < 1.29 is 18.7 Å². The van der Waals surface area contributed by atoms with Crippen LogP contribution < -0.4 is 0 Å². The third kappa shape index (κ3) is 2.01. The van der Waals surface area contributed by atoms with Crippen LogP contribution in [-0.2, 0) is 6.67 Å². The molecule has 1 aromatic carbocycles. The Morgan fingerprint density at radius 1 is 1.47 bits per heavy atom. The standard InChI is InChI=1S/C11H8F2N2O2/c12-5-10-9(11(16)17)6-14-15(10)8-3-1-2-7(13)4-8/h1-4,6H,5H2,(H,16,17). The Hall–Kier alpha value is -2.24. The summed E-state index contributed by atoms with van der Waals surface area (Å²) in [7, 11) is 0. The molecule has 0 bridgehead atoms. The van der Waals surface area contributed by atoms with Crippen LogP contribution in [-0.4, -0.2) is 20.9 Å². The Labute approximate surface area is 95.1 Å². The van der Waals surface area contributed by atoms with Gasteiger partial charge in [-0.2, -0.15) is 5.10 Å². The van der Waals surface area contributed by atoms with E-state index in [9.17, 15) is 13.6 Å². The number of aromatic carboxylic acids is 1. The molecule has 0 aliphatic carbocycles. The van der Waals surface area contributed by atoms with Gasteiger partial charge < -0.3 is 5.11 Å². The lowest BCUT2D eigenvalue weighted by Crippen LogP contribution is -2.05. The molecule has 0 radical (unpaired) electrons. The summed E-state index contributed by atoms with van der Waals surface area (Å²) in [4.78, 5) is 10.8. The van der Waals surface area contributed by atoms with Crippen molar-refractivity contribution in [3.63, 3.8) is 0 Å². The molecule has 0 spiro atoms. The number of hydrogen-bond acceptors (Lipinski definition) is 2. The van der Waals surface area contributed by atoms with E-state index in [0.29, 0.717) is 0 Å². The van der Waals surface area contributed by atoms with E-state index in [4.69, 9.17) is 5.11 Å². The zero-order chi connectivity index (χ0) is 12.4.